The number of ether oxygens (including phenoxy) is 2. The van der Waals surface area contributed by atoms with Crippen LogP contribution in [0.2, 0.25) is 0 Å². The van der Waals surface area contributed by atoms with Crippen molar-refractivity contribution in [3.63, 3.8) is 0 Å². The molecule has 0 saturated carbocycles. The lowest BCUT2D eigenvalue weighted by molar-refractivity contribution is -0.134. The Balaban J connectivity index is 1.67. The van der Waals surface area contributed by atoms with Crippen molar-refractivity contribution < 1.29 is 32.7 Å². The minimum atomic E-state index is -4.08. The number of carbonyl (C=O) groups is 2. The molecular formula is C24H23NO7S. The first-order valence-electron chi connectivity index (χ1n) is 10.3. The van der Waals surface area contributed by atoms with Crippen LogP contribution in [0, 0.1) is 0 Å². The zero-order chi connectivity index (χ0) is 23.6. The fraction of sp³-hybridized carbons (Fsp3) is 0.250. The molecule has 8 nitrogen and oxygen atoms in total. The second-order valence-electron chi connectivity index (χ2n) is 7.84. The van der Waals surface area contributed by atoms with Crippen LogP contribution >= 0.6 is 0 Å². The van der Waals surface area contributed by atoms with Gasteiger partial charge in [-0.25, -0.2) is 18.7 Å². The minimum Gasteiger partial charge on any atom is -0.465 e. The predicted molar refractivity (Wildman–Crippen MR) is 121 cm³/mol. The summed E-state index contributed by atoms with van der Waals surface area (Å²) in [5.41, 5.74) is 3.64. The number of carbonyl (C=O) groups excluding carboxylic acids is 2. The van der Waals surface area contributed by atoms with Gasteiger partial charge in [0.2, 0.25) is 0 Å². The Hall–Kier alpha value is -3.27. The van der Waals surface area contributed by atoms with Crippen LogP contribution < -0.4 is 5.48 Å². The van der Waals surface area contributed by atoms with E-state index in [1.165, 1.54) is 24.7 Å². The Morgan fingerprint density at radius 2 is 1.55 bits per heavy atom. The standard InChI is InChI=1S/C24H23NO7S/c1-31-22(26)20-5-4-18-14-17(2-3-19(18)15-20)16-6-8-21(9-7-16)33(29,30)24(23(27)25-28)10-12-32-13-11-24/h2-9,14-15,28H,10-13H2,1H3,(H,25,27). The van der Waals surface area contributed by atoms with Crippen LogP contribution in [0.5, 0.6) is 0 Å². The Labute approximate surface area is 191 Å². The second kappa shape index (κ2) is 8.93. The van der Waals surface area contributed by atoms with E-state index < -0.39 is 26.5 Å². The highest BCUT2D eigenvalue weighted by Gasteiger charge is 2.52. The van der Waals surface area contributed by atoms with Crippen LogP contribution in [-0.4, -0.2) is 50.6 Å². The van der Waals surface area contributed by atoms with E-state index in [2.05, 4.69) is 0 Å². The smallest absolute Gasteiger partial charge is 0.337 e. The van der Waals surface area contributed by atoms with E-state index in [1.807, 2.05) is 24.3 Å². The number of nitrogens with one attached hydrogen (secondary N) is 1. The lowest BCUT2D eigenvalue weighted by Crippen LogP contribution is -2.54. The Bertz CT molecular complexity index is 1310. The Morgan fingerprint density at radius 1 is 0.939 bits per heavy atom. The molecule has 3 aromatic carbocycles. The molecule has 0 aliphatic carbocycles. The van der Waals surface area contributed by atoms with Crippen molar-refractivity contribution >= 4 is 32.5 Å². The summed E-state index contributed by atoms with van der Waals surface area (Å²) in [6.07, 6.45) is -0.0799. The number of hydrogen-bond acceptors (Lipinski definition) is 7. The van der Waals surface area contributed by atoms with Gasteiger partial charge in [0, 0.05) is 13.2 Å². The van der Waals surface area contributed by atoms with Gasteiger partial charge >= 0.3 is 5.97 Å². The third-order valence-corrected chi connectivity index (χ3v) is 8.60. The van der Waals surface area contributed by atoms with Gasteiger partial charge in [0.1, 0.15) is 0 Å². The zero-order valence-corrected chi connectivity index (χ0v) is 18.7. The topological polar surface area (TPSA) is 119 Å². The molecule has 0 aromatic heterocycles. The van der Waals surface area contributed by atoms with Crippen LogP contribution in [0.3, 0.4) is 0 Å². The summed E-state index contributed by atoms with van der Waals surface area (Å²) in [4.78, 5) is 24.1. The van der Waals surface area contributed by atoms with Crippen molar-refractivity contribution in [2.24, 2.45) is 0 Å². The van der Waals surface area contributed by atoms with Crippen LogP contribution in [0.15, 0.2) is 65.6 Å². The molecule has 172 valence electrons. The third kappa shape index (κ3) is 3.99. The molecule has 0 unspecified atom stereocenters. The third-order valence-electron chi connectivity index (χ3n) is 6.09. The molecule has 1 aliphatic heterocycles. The zero-order valence-electron chi connectivity index (χ0n) is 17.9. The van der Waals surface area contributed by atoms with Crippen LogP contribution in [0.1, 0.15) is 23.2 Å². The van der Waals surface area contributed by atoms with Crippen molar-refractivity contribution in [2.45, 2.75) is 22.5 Å². The SMILES string of the molecule is COC(=O)c1ccc2cc(-c3ccc(S(=O)(=O)C4(C(=O)NO)CCOCC4)cc3)ccc2c1. The van der Waals surface area contributed by atoms with Gasteiger partial charge < -0.3 is 9.47 Å². The van der Waals surface area contributed by atoms with Gasteiger partial charge in [0.15, 0.2) is 14.6 Å². The molecule has 1 saturated heterocycles. The highest BCUT2D eigenvalue weighted by Crippen LogP contribution is 2.36. The Kier molecular flexibility index (Phi) is 6.20. The summed E-state index contributed by atoms with van der Waals surface area (Å²) in [6, 6.07) is 17.3. The van der Waals surface area contributed by atoms with Crippen molar-refractivity contribution in [3.05, 3.63) is 66.2 Å². The molecule has 1 fully saturated rings. The van der Waals surface area contributed by atoms with Gasteiger partial charge in [-0.15, -0.1) is 0 Å². The molecule has 1 heterocycles. The van der Waals surface area contributed by atoms with E-state index in [0.717, 1.165) is 21.9 Å². The molecule has 0 radical (unpaired) electrons. The number of hydrogen-bond donors (Lipinski definition) is 2. The van der Waals surface area contributed by atoms with E-state index in [1.54, 1.807) is 24.3 Å². The number of rotatable bonds is 5. The van der Waals surface area contributed by atoms with Gasteiger partial charge in [0.25, 0.3) is 5.91 Å². The minimum absolute atomic E-state index is 0.000240. The van der Waals surface area contributed by atoms with E-state index in [9.17, 15) is 23.2 Å². The first-order valence-corrected chi connectivity index (χ1v) is 11.8. The molecule has 3 aromatic rings. The molecule has 33 heavy (non-hydrogen) atoms. The van der Waals surface area contributed by atoms with Crippen molar-refractivity contribution in [3.8, 4) is 11.1 Å². The van der Waals surface area contributed by atoms with E-state index in [-0.39, 0.29) is 31.0 Å². The maximum atomic E-state index is 13.4. The van der Waals surface area contributed by atoms with Crippen molar-refractivity contribution in [2.75, 3.05) is 20.3 Å². The van der Waals surface area contributed by atoms with Crippen LogP contribution in [0.4, 0.5) is 0 Å². The van der Waals surface area contributed by atoms with Crippen molar-refractivity contribution in [1.29, 1.82) is 0 Å². The van der Waals surface area contributed by atoms with Gasteiger partial charge in [-0.05, 0) is 65.1 Å². The fourth-order valence-corrected chi connectivity index (χ4v) is 6.08. The van der Waals surface area contributed by atoms with Gasteiger partial charge in [-0.1, -0.05) is 30.3 Å². The highest BCUT2D eigenvalue weighted by atomic mass is 32.2. The van der Waals surface area contributed by atoms with Crippen LogP contribution in [0.25, 0.3) is 21.9 Å². The van der Waals surface area contributed by atoms with E-state index >= 15 is 0 Å². The fourth-order valence-electron chi connectivity index (χ4n) is 4.14. The number of fused-ring (bicyclic) bond motifs is 1. The van der Waals surface area contributed by atoms with E-state index in [4.69, 9.17) is 9.47 Å². The molecule has 2 N–H and O–H groups in total. The number of amides is 1. The molecule has 1 aliphatic rings. The van der Waals surface area contributed by atoms with Gasteiger partial charge in [-0.2, -0.15) is 0 Å². The predicted octanol–water partition coefficient (Wildman–Crippen LogP) is 3.12. The molecule has 0 atom stereocenters. The largest absolute Gasteiger partial charge is 0.465 e. The molecular weight excluding hydrogens is 446 g/mol. The summed E-state index contributed by atoms with van der Waals surface area (Å²) in [5, 5.41) is 11.0. The number of hydroxylamine groups is 1. The number of benzene rings is 3. The monoisotopic (exact) mass is 469 g/mol. The number of methoxy groups -OCH3 is 1. The lowest BCUT2D eigenvalue weighted by atomic mass is 9.98. The van der Waals surface area contributed by atoms with Gasteiger partial charge in [0.05, 0.1) is 17.6 Å². The lowest BCUT2D eigenvalue weighted by Gasteiger charge is -2.34. The Morgan fingerprint density at radius 3 is 2.18 bits per heavy atom. The molecule has 0 spiro atoms. The number of sulfone groups is 1. The average molecular weight is 470 g/mol. The first-order chi connectivity index (χ1) is 15.8. The first kappa shape index (κ1) is 22.9. The summed E-state index contributed by atoms with van der Waals surface area (Å²) in [7, 11) is -2.75. The van der Waals surface area contributed by atoms with Gasteiger partial charge in [-0.3, -0.25) is 10.0 Å². The number of esters is 1. The maximum Gasteiger partial charge on any atom is 0.337 e. The molecule has 4 rings (SSSR count). The normalized spacial score (nSPS) is 15.7. The summed E-state index contributed by atoms with van der Waals surface area (Å²) in [6.45, 7) is 0.221. The summed E-state index contributed by atoms with van der Waals surface area (Å²) < 4.78 is 35.0. The highest BCUT2D eigenvalue weighted by molar-refractivity contribution is 7.93. The second-order valence-corrected chi connectivity index (χ2v) is 10.1. The maximum absolute atomic E-state index is 13.4. The average Bonchev–Trinajstić information content (AvgIpc) is 2.87. The van der Waals surface area contributed by atoms with E-state index in [0.29, 0.717) is 5.56 Å². The summed E-state index contributed by atoms with van der Waals surface area (Å²) >= 11 is 0. The molecule has 0 bridgehead atoms. The van der Waals surface area contributed by atoms with Crippen molar-refractivity contribution in [1.82, 2.24) is 5.48 Å². The molecule has 9 heteroatoms. The quantitative estimate of drug-likeness (QED) is 0.335. The molecule has 1 amide bonds. The van der Waals surface area contributed by atoms with Crippen LogP contribution in [-0.2, 0) is 24.1 Å². The summed E-state index contributed by atoms with van der Waals surface area (Å²) in [5.74, 6) is -1.36.